The number of carbonyl (C=O) groups is 2. The number of benzene rings is 1. The highest BCUT2D eigenvalue weighted by molar-refractivity contribution is 7.14. The van der Waals surface area contributed by atoms with Crippen molar-refractivity contribution >= 4 is 34.8 Å². The molecule has 1 aromatic heterocycles. The number of hydrogen-bond donors (Lipinski definition) is 1. The normalized spacial score (nSPS) is 17.3. The van der Waals surface area contributed by atoms with Crippen molar-refractivity contribution in [3.05, 3.63) is 56.2 Å². The van der Waals surface area contributed by atoms with E-state index < -0.39 is 5.97 Å². The summed E-state index contributed by atoms with van der Waals surface area (Å²) < 4.78 is 5.19. The molecule has 6 heteroatoms. The number of esters is 1. The molecular formula is C20H22ClNO3S. The summed E-state index contributed by atoms with van der Waals surface area (Å²) in [5, 5.41) is 3.43. The van der Waals surface area contributed by atoms with Crippen LogP contribution in [0.15, 0.2) is 30.3 Å². The van der Waals surface area contributed by atoms with E-state index in [1.807, 2.05) is 25.1 Å². The first-order valence-corrected chi connectivity index (χ1v) is 9.95. The Labute approximate surface area is 162 Å². The number of ether oxygens (including phenoxy) is 1. The number of rotatable bonds is 5. The average molecular weight is 392 g/mol. The maximum absolute atomic E-state index is 12.2. The Morgan fingerprint density at radius 3 is 2.96 bits per heavy atom. The molecule has 0 radical (unpaired) electrons. The lowest BCUT2D eigenvalue weighted by molar-refractivity contribution is -0.124. The number of thiophene rings is 1. The number of amides is 1. The van der Waals surface area contributed by atoms with Gasteiger partial charge in [0.2, 0.25) is 0 Å². The van der Waals surface area contributed by atoms with Crippen LogP contribution in [0.1, 0.15) is 52.0 Å². The smallest absolute Gasteiger partial charge is 0.348 e. The van der Waals surface area contributed by atoms with Crippen molar-refractivity contribution in [2.45, 2.75) is 39.2 Å². The van der Waals surface area contributed by atoms with E-state index in [9.17, 15) is 9.59 Å². The highest BCUT2D eigenvalue weighted by atomic mass is 35.5. The van der Waals surface area contributed by atoms with E-state index in [1.165, 1.54) is 21.8 Å². The molecule has 26 heavy (non-hydrogen) atoms. The van der Waals surface area contributed by atoms with Crippen molar-refractivity contribution in [3.8, 4) is 0 Å². The Morgan fingerprint density at radius 2 is 2.19 bits per heavy atom. The van der Waals surface area contributed by atoms with Crippen LogP contribution in [0.5, 0.6) is 0 Å². The fraction of sp³-hybridized carbons (Fsp3) is 0.400. The van der Waals surface area contributed by atoms with Crippen LogP contribution >= 0.6 is 22.9 Å². The molecule has 1 aromatic carbocycles. The van der Waals surface area contributed by atoms with E-state index in [2.05, 4.69) is 12.2 Å². The van der Waals surface area contributed by atoms with Crippen LogP contribution in [-0.4, -0.2) is 18.5 Å². The van der Waals surface area contributed by atoms with Gasteiger partial charge in [-0.05, 0) is 61.4 Å². The molecular weight excluding hydrogens is 370 g/mol. The summed E-state index contributed by atoms with van der Waals surface area (Å²) in [6.45, 7) is 3.80. The largest absolute Gasteiger partial charge is 0.451 e. The van der Waals surface area contributed by atoms with Crippen LogP contribution < -0.4 is 5.32 Å². The number of hydrogen-bond acceptors (Lipinski definition) is 4. The first-order chi connectivity index (χ1) is 12.4. The van der Waals surface area contributed by atoms with Crippen molar-refractivity contribution in [2.75, 3.05) is 6.61 Å². The summed E-state index contributed by atoms with van der Waals surface area (Å²) in [5.74, 6) is -0.108. The van der Waals surface area contributed by atoms with Gasteiger partial charge in [-0.25, -0.2) is 4.79 Å². The molecule has 0 bridgehead atoms. The molecule has 1 N–H and O–H groups in total. The molecule has 4 nitrogen and oxygen atoms in total. The SMILES string of the molecule is C[C@@H]1CCc2sc(C(=O)OCC(=O)N[C@H](C)c3cccc(Cl)c3)cc2C1. The van der Waals surface area contributed by atoms with Gasteiger partial charge < -0.3 is 10.1 Å². The third-order valence-electron chi connectivity index (χ3n) is 4.59. The maximum Gasteiger partial charge on any atom is 0.348 e. The number of nitrogens with one attached hydrogen (secondary N) is 1. The zero-order valence-electron chi connectivity index (χ0n) is 14.9. The molecule has 1 amide bonds. The lowest BCUT2D eigenvalue weighted by atomic mass is 9.90. The molecule has 0 aliphatic heterocycles. The van der Waals surface area contributed by atoms with E-state index in [0.717, 1.165) is 24.8 Å². The zero-order valence-corrected chi connectivity index (χ0v) is 16.5. The van der Waals surface area contributed by atoms with Crippen molar-refractivity contribution in [3.63, 3.8) is 0 Å². The molecule has 0 unspecified atom stereocenters. The summed E-state index contributed by atoms with van der Waals surface area (Å²) in [5.41, 5.74) is 2.15. The average Bonchev–Trinajstić information content (AvgIpc) is 3.02. The van der Waals surface area contributed by atoms with E-state index in [1.54, 1.807) is 12.1 Å². The predicted molar refractivity (Wildman–Crippen MR) is 104 cm³/mol. The first-order valence-electron chi connectivity index (χ1n) is 8.76. The first kappa shape index (κ1) is 18.9. The summed E-state index contributed by atoms with van der Waals surface area (Å²) in [4.78, 5) is 26.2. The number of halogens is 1. The summed E-state index contributed by atoms with van der Waals surface area (Å²) >= 11 is 7.46. The third-order valence-corrected chi connectivity index (χ3v) is 6.04. The quantitative estimate of drug-likeness (QED) is 0.760. The molecule has 1 heterocycles. The number of fused-ring (bicyclic) bond motifs is 1. The van der Waals surface area contributed by atoms with E-state index in [-0.39, 0.29) is 18.6 Å². The molecule has 0 saturated heterocycles. The van der Waals surface area contributed by atoms with Crippen LogP contribution in [0.4, 0.5) is 0 Å². The highest BCUT2D eigenvalue weighted by Gasteiger charge is 2.22. The lowest BCUT2D eigenvalue weighted by Gasteiger charge is -2.16. The van der Waals surface area contributed by atoms with Gasteiger partial charge in [-0.15, -0.1) is 11.3 Å². The second-order valence-electron chi connectivity index (χ2n) is 6.83. The van der Waals surface area contributed by atoms with Crippen molar-refractivity contribution in [2.24, 2.45) is 5.92 Å². The van der Waals surface area contributed by atoms with Crippen LogP contribution in [-0.2, 0) is 22.4 Å². The minimum atomic E-state index is -0.428. The van der Waals surface area contributed by atoms with Gasteiger partial charge in [-0.2, -0.15) is 0 Å². The maximum atomic E-state index is 12.2. The molecule has 1 aliphatic rings. The van der Waals surface area contributed by atoms with Crippen molar-refractivity contribution < 1.29 is 14.3 Å². The summed E-state index contributed by atoms with van der Waals surface area (Å²) in [7, 11) is 0. The second-order valence-corrected chi connectivity index (χ2v) is 8.40. The van der Waals surface area contributed by atoms with Crippen molar-refractivity contribution in [1.29, 1.82) is 0 Å². The monoisotopic (exact) mass is 391 g/mol. The fourth-order valence-electron chi connectivity index (χ4n) is 3.15. The predicted octanol–water partition coefficient (Wildman–Crippen LogP) is 4.56. The molecule has 3 rings (SSSR count). The van der Waals surface area contributed by atoms with Crippen LogP contribution in [0.2, 0.25) is 5.02 Å². The molecule has 1 aliphatic carbocycles. The Morgan fingerprint density at radius 1 is 1.38 bits per heavy atom. The minimum absolute atomic E-state index is 0.213. The van der Waals surface area contributed by atoms with Gasteiger partial charge in [0.15, 0.2) is 6.61 Å². The zero-order chi connectivity index (χ0) is 18.7. The second kappa shape index (κ2) is 8.23. The van der Waals surface area contributed by atoms with Crippen molar-refractivity contribution in [1.82, 2.24) is 5.32 Å². The Bertz CT molecular complexity index is 817. The topological polar surface area (TPSA) is 55.4 Å². The summed E-state index contributed by atoms with van der Waals surface area (Å²) in [6, 6.07) is 9.01. The number of aryl methyl sites for hydroxylation is 1. The molecule has 138 valence electrons. The summed E-state index contributed by atoms with van der Waals surface area (Å²) in [6.07, 6.45) is 3.19. The van der Waals surface area contributed by atoms with Crippen LogP contribution in [0.25, 0.3) is 0 Å². The fourth-order valence-corrected chi connectivity index (χ4v) is 4.45. The molecule has 2 aromatic rings. The van der Waals surface area contributed by atoms with Crippen LogP contribution in [0.3, 0.4) is 0 Å². The van der Waals surface area contributed by atoms with Crippen LogP contribution in [0, 0.1) is 5.92 Å². The standard InChI is InChI=1S/C20H22ClNO3S/c1-12-6-7-17-15(8-12)10-18(26-17)20(24)25-11-19(23)22-13(2)14-4-3-5-16(21)9-14/h3-5,9-10,12-13H,6-8,11H2,1-2H3,(H,22,23)/t12-,13-/m1/s1. The molecule has 0 saturated carbocycles. The molecule has 0 spiro atoms. The Hall–Kier alpha value is -1.85. The number of carbonyl (C=O) groups excluding carboxylic acids is 2. The van der Waals surface area contributed by atoms with Gasteiger partial charge in [0.1, 0.15) is 4.88 Å². The van der Waals surface area contributed by atoms with Gasteiger partial charge in [-0.1, -0.05) is 30.7 Å². The van der Waals surface area contributed by atoms with E-state index >= 15 is 0 Å². The van der Waals surface area contributed by atoms with E-state index in [0.29, 0.717) is 15.8 Å². The molecule has 0 fully saturated rings. The van der Waals surface area contributed by atoms with Gasteiger partial charge in [0, 0.05) is 9.90 Å². The van der Waals surface area contributed by atoms with Gasteiger partial charge in [-0.3, -0.25) is 4.79 Å². The molecule has 2 atom stereocenters. The minimum Gasteiger partial charge on any atom is -0.451 e. The lowest BCUT2D eigenvalue weighted by Crippen LogP contribution is -2.31. The highest BCUT2D eigenvalue weighted by Crippen LogP contribution is 2.32. The van der Waals surface area contributed by atoms with Gasteiger partial charge in [0.05, 0.1) is 6.04 Å². The van der Waals surface area contributed by atoms with E-state index in [4.69, 9.17) is 16.3 Å². The van der Waals surface area contributed by atoms with Gasteiger partial charge >= 0.3 is 5.97 Å². The van der Waals surface area contributed by atoms with Gasteiger partial charge in [0.25, 0.3) is 5.91 Å². The Kier molecular flexibility index (Phi) is 5.99. The third kappa shape index (κ3) is 4.65. The Balaban J connectivity index is 1.52.